The van der Waals surface area contributed by atoms with Gasteiger partial charge in [0.05, 0.1) is 17.9 Å². The highest BCUT2D eigenvalue weighted by atomic mass is 32.2. The van der Waals surface area contributed by atoms with E-state index in [4.69, 9.17) is 9.84 Å². The number of carboxylic acids is 1. The van der Waals surface area contributed by atoms with Gasteiger partial charge in [0.1, 0.15) is 5.82 Å². The van der Waals surface area contributed by atoms with Gasteiger partial charge >= 0.3 is 5.97 Å². The van der Waals surface area contributed by atoms with E-state index in [0.717, 1.165) is 38.1 Å². The molecule has 3 rings (SSSR count). The van der Waals surface area contributed by atoms with Crippen LogP contribution in [-0.2, 0) is 9.53 Å². The predicted molar refractivity (Wildman–Crippen MR) is 74.0 cm³/mol. The lowest BCUT2D eigenvalue weighted by atomic mass is 10.1. The summed E-state index contributed by atoms with van der Waals surface area (Å²) in [5.41, 5.74) is 0. The minimum Gasteiger partial charge on any atom is -0.481 e. The molecule has 0 bridgehead atoms. The van der Waals surface area contributed by atoms with Crippen molar-refractivity contribution in [1.82, 2.24) is 14.8 Å². The number of thioether (sulfide) groups is 1. The molecule has 110 valence electrons. The molecule has 1 aliphatic heterocycles. The van der Waals surface area contributed by atoms with E-state index in [9.17, 15) is 4.79 Å². The highest BCUT2D eigenvalue weighted by Gasteiger charge is 2.35. The van der Waals surface area contributed by atoms with Gasteiger partial charge in [-0.2, -0.15) is 0 Å². The van der Waals surface area contributed by atoms with Crippen LogP contribution in [0, 0.1) is 0 Å². The number of ether oxygens (including phenoxy) is 1. The van der Waals surface area contributed by atoms with E-state index in [1.165, 1.54) is 11.8 Å². The summed E-state index contributed by atoms with van der Waals surface area (Å²) in [7, 11) is 0. The average Bonchev–Trinajstić information content (AvgIpc) is 2.97. The van der Waals surface area contributed by atoms with Gasteiger partial charge in [-0.3, -0.25) is 4.79 Å². The van der Waals surface area contributed by atoms with E-state index in [0.29, 0.717) is 11.1 Å². The number of aromatic nitrogens is 3. The maximum atomic E-state index is 10.8. The monoisotopic (exact) mass is 297 g/mol. The summed E-state index contributed by atoms with van der Waals surface area (Å²) >= 11 is 1.24. The minimum absolute atomic E-state index is 0.0149. The van der Waals surface area contributed by atoms with E-state index in [1.807, 2.05) is 0 Å². The summed E-state index contributed by atoms with van der Waals surface area (Å²) in [6, 6.07) is 0.166. The van der Waals surface area contributed by atoms with E-state index in [-0.39, 0.29) is 17.9 Å². The molecular formula is C13H19N3O3S. The Morgan fingerprint density at radius 2 is 2.30 bits per heavy atom. The molecule has 2 fully saturated rings. The second kappa shape index (κ2) is 5.73. The fraction of sp³-hybridized carbons (Fsp3) is 0.769. The molecule has 1 saturated heterocycles. The van der Waals surface area contributed by atoms with Crippen LogP contribution in [0.2, 0.25) is 0 Å². The SMILES string of the molecule is CC(C1CCCO1)n1c(SCC(=O)O)nnc1C1CC1. The van der Waals surface area contributed by atoms with Crippen LogP contribution in [0.1, 0.15) is 50.4 Å². The molecule has 6 nitrogen and oxygen atoms in total. The van der Waals surface area contributed by atoms with Crippen molar-refractivity contribution in [2.75, 3.05) is 12.4 Å². The van der Waals surface area contributed by atoms with Crippen molar-refractivity contribution >= 4 is 17.7 Å². The molecule has 2 aliphatic rings. The van der Waals surface area contributed by atoms with E-state index in [1.54, 1.807) is 0 Å². The summed E-state index contributed by atoms with van der Waals surface area (Å²) in [5.74, 6) is 0.676. The van der Waals surface area contributed by atoms with E-state index >= 15 is 0 Å². The van der Waals surface area contributed by atoms with Crippen LogP contribution in [0.4, 0.5) is 0 Å². The van der Waals surface area contributed by atoms with Crippen molar-refractivity contribution in [3.63, 3.8) is 0 Å². The van der Waals surface area contributed by atoms with Crippen molar-refractivity contribution in [3.05, 3.63) is 5.82 Å². The standard InChI is InChI=1S/C13H19N3O3S/c1-8(10-3-2-6-19-10)16-12(9-4-5-9)14-15-13(16)20-7-11(17)18/h8-10H,2-7H2,1H3,(H,17,18). The minimum atomic E-state index is -0.831. The van der Waals surface area contributed by atoms with Gasteiger partial charge in [0, 0.05) is 12.5 Å². The fourth-order valence-electron chi connectivity index (χ4n) is 2.67. The van der Waals surface area contributed by atoms with Crippen molar-refractivity contribution < 1.29 is 14.6 Å². The van der Waals surface area contributed by atoms with Crippen molar-refractivity contribution in [3.8, 4) is 0 Å². The fourth-order valence-corrected chi connectivity index (χ4v) is 3.42. The van der Waals surface area contributed by atoms with Crippen LogP contribution in [0.5, 0.6) is 0 Å². The average molecular weight is 297 g/mol. The third-order valence-corrected chi connectivity index (χ3v) is 4.80. The van der Waals surface area contributed by atoms with Gasteiger partial charge in [0.25, 0.3) is 0 Å². The summed E-state index contributed by atoms with van der Waals surface area (Å²) in [6.45, 7) is 2.93. The first-order valence-corrected chi connectivity index (χ1v) is 8.06. The van der Waals surface area contributed by atoms with Crippen LogP contribution in [-0.4, -0.2) is 44.3 Å². The van der Waals surface area contributed by atoms with Gasteiger partial charge in [0.15, 0.2) is 5.16 Å². The first kappa shape index (κ1) is 13.9. The molecule has 2 unspecified atom stereocenters. The van der Waals surface area contributed by atoms with Crippen LogP contribution >= 0.6 is 11.8 Å². The lowest BCUT2D eigenvalue weighted by Gasteiger charge is -2.23. The first-order chi connectivity index (χ1) is 9.66. The summed E-state index contributed by atoms with van der Waals surface area (Å²) < 4.78 is 7.88. The third kappa shape index (κ3) is 2.83. The normalized spacial score (nSPS) is 23.9. The van der Waals surface area contributed by atoms with Crippen molar-refractivity contribution in [1.29, 1.82) is 0 Å². The molecule has 1 aromatic heterocycles. The molecule has 1 aliphatic carbocycles. The molecule has 1 N–H and O–H groups in total. The van der Waals surface area contributed by atoms with Gasteiger partial charge in [-0.1, -0.05) is 11.8 Å². The Bertz CT molecular complexity index is 495. The smallest absolute Gasteiger partial charge is 0.313 e. The van der Waals surface area contributed by atoms with Crippen molar-refractivity contribution in [2.24, 2.45) is 0 Å². The highest BCUT2D eigenvalue weighted by Crippen LogP contribution is 2.42. The molecule has 2 atom stereocenters. The zero-order chi connectivity index (χ0) is 14.1. The maximum Gasteiger partial charge on any atom is 0.313 e. The Morgan fingerprint density at radius 3 is 2.90 bits per heavy atom. The molecule has 20 heavy (non-hydrogen) atoms. The van der Waals surface area contributed by atoms with Crippen LogP contribution < -0.4 is 0 Å². The number of carboxylic acid groups (broad SMARTS) is 1. The van der Waals surface area contributed by atoms with Gasteiger partial charge < -0.3 is 14.4 Å². The summed E-state index contributed by atoms with van der Waals surface area (Å²) in [5, 5.41) is 18.0. The molecule has 0 radical (unpaired) electrons. The summed E-state index contributed by atoms with van der Waals surface area (Å²) in [6.07, 6.45) is 4.63. The van der Waals surface area contributed by atoms with E-state index in [2.05, 4.69) is 21.7 Å². The van der Waals surface area contributed by atoms with Crippen LogP contribution in [0.25, 0.3) is 0 Å². The third-order valence-electron chi connectivity index (χ3n) is 3.87. The molecular weight excluding hydrogens is 278 g/mol. The van der Waals surface area contributed by atoms with Gasteiger partial charge in [-0.25, -0.2) is 0 Å². The predicted octanol–water partition coefficient (Wildman–Crippen LogP) is 2.07. The number of aliphatic carboxylic acids is 1. The molecule has 0 amide bonds. The van der Waals surface area contributed by atoms with E-state index < -0.39 is 5.97 Å². The topological polar surface area (TPSA) is 77.2 Å². The molecule has 1 aromatic rings. The zero-order valence-corrected chi connectivity index (χ0v) is 12.3. The Balaban J connectivity index is 1.84. The number of carbonyl (C=O) groups is 1. The summed E-state index contributed by atoms with van der Waals surface area (Å²) in [4.78, 5) is 10.8. The lowest BCUT2D eigenvalue weighted by molar-refractivity contribution is -0.133. The second-order valence-corrected chi connectivity index (χ2v) is 6.40. The van der Waals surface area contributed by atoms with Gasteiger partial charge in [0.2, 0.25) is 0 Å². The zero-order valence-electron chi connectivity index (χ0n) is 11.5. The van der Waals surface area contributed by atoms with Crippen molar-refractivity contribution in [2.45, 2.75) is 55.8 Å². The molecule has 1 saturated carbocycles. The largest absolute Gasteiger partial charge is 0.481 e. The number of hydrogen-bond donors (Lipinski definition) is 1. The first-order valence-electron chi connectivity index (χ1n) is 7.08. The number of rotatable bonds is 6. The molecule has 2 heterocycles. The Labute approximate surface area is 121 Å². The molecule has 7 heteroatoms. The number of nitrogens with zero attached hydrogens (tertiary/aromatic N) is 3. The van der Waals surface area contributed by atoms with Crippen LogP contribution in [0.3, 0.4) is 0 Å². The quantitative estimate of drug-likeness (QED) is 0.810. The molecule has 0 aromatic carbocycles. The molecule has 0 spiro atoms. The lowest BCUT2D eigenvalue weighted by Crippen LogP contribution is -2.23. The second-order valence-electron chi connectivity index (χ2n) is 5.46. The Kier molecular flexibility index (Phi) is 3.98. The number of hydrogen-bond acceptors (Lipinski definition) is 5. The Morgan fingerprint density at radius 1 is 1.50 bits per heavy atom. The Hall–Kier alpha value is -1.08. The maximum absolute atomic E-state index is 10.8. The van der Waals surface area contributed by atoms with Crippen LogP contribution in [0.15, 0.2) is 5.16 Å². The van der Waals surface area contributed by atoms with Gasteiger partial charge in [-0.05, 0) is 32.6 Å². The van der Waals surface area contributed by atoms with Gasteiger partial charge in [-0.15, -0.1) is 10.2 Å². The highest BCUT2D eigenvalue weighted by molar-refractivity contribution is 7.99.